The Kier molecular flexibility index (Phi) is 4.67. The SMILES string of the molecule is CNC(=O)C(C)CN(C)C(=O)C1CNc2ccccc2N1. The summed E-state index contributed by atoms with van der Waals surface area (Å²) in [5.74, 6) is -0.310. The average Bonchev–Trinajstić information content (AvgIpc) is 2.52. The van der Waals surface area contributed by atoms with Crippen LogP contribution in [0.4, 0.5) is 11.4 Å². The van der Waals surface area contributed by atoms with Gasteiger partial charge in [0.05, 0.1) is 17.3 Å². The number of rotatable bonds is 4. The molecule has 2 amide bonds. The first-order valence-corrected chi connectivity index (χ1v) is 7.09. The minimum atomic E-state index is -0.318. The van der Waals surface area contributed by atoms with Crippen LogP contribution in [0.1, 0.15) is 6.92 Å². The molecule has 3 N–H and O–H groups in total. The first-order valence-electron chi connectivity index (χ1n) is 7.09. The molecule has 1 aliphatic rings. The summed E-state index contributed by atoms with van der Waals surface area (Å²) in [5, 5.41) is 9.08. The lowest BCUT2D eigenvalue weighted by Gasteiger charge is -2.31. The van der Waals surface area contributed by atoms with E-state index in [-0.39, 0.29) is 23.8 Å². The van der Waals surface area contributed by atoms with Crippen molar-refractivity contribution in [2.45, 2.75) is 13.0 Å². The van der Waals surface area contributed by atoms with Crippen molar-refractivity contribution in [3.8, 4) is 0 Å². The lowest BCUT2D eigenvalue weighted by atomic mass is 10.1. The van der Waals surface area contributed by atoms with Crippen LogP contribution in [0, 0.1) is 5.92 Å². The summed E-state index contributed by atoms with van der Waals surface area (Å²) in [6.45, 7) is 2.75. The van der Waals surface area contributed by atoms with Crippen LogP contribution >= 0.6 is 0 Å². The van der Waals surface area contributed by atoms with E-state index in [1.165, 1.54) is 0 Å². The molecular weight excluding hydrogens is 268 g/mol. The monoisotopic (exact) mass is 290 g/mol. The van der Waals surface area contributed by atoms with Crippen LogP contribution in [0.15, 0.2) is 24.3 Å². The highest BCUT2D eigenvalue weighted by Gasteiger charge is 2.27. The van der Waals surface area contributed by atoms with E-state index in [0.717, 1.165) is 11.4 Å². The van der Waals surface area contributed by atoms with Crippen LogP contribution in [-0.4, -0.2) is 49.9 Å². The third-order valence-corrected chi connectivity index (χ3v) is 3.67. The molecule has 1 heterocycles. The zero-order valence-corrected chi connectivity index (χ0v) is 12.6. The zero-order valence-electron chi connectivity index (χ0n) is 12.6. The van der Waals surface area contributed by atoms with Crippen LogP contribution in [0.25, 0.3) is 0 Å². The lowest BCUT2D eigenvalue weighted by Crippen LogP contribution is -2.48. The van der Waals surface area contributed by atoms with Crippen molar-refractivity contribution in [2.24, 2.45) is 5.92 Å². The van der Waals surface area contributed by atoms with Crippen LogP contribution in [0.5, 0.6) is 0 Å². The second-order valence-corrected chi connectivity index (χ2v) is 5.36. The molecule has 2 unspecified atom stereocenters. The van der Waals surface area contributed by atoms with Crippen molar-refractivity contribution in [3.63, 3.8) is 0 Å². The Morgan fingerprint density at radius 1 is 1.38 bits per heavy atom. The van der Waals surface area contributed by atoms with Gasteiger partial charge in [-0.05, 0) is 12.1 Å². The molecule has 0 radical (unpaired) electrons. The quantitative estimate of drug-likeness (QED) is 0.764. The number of carbonyl (C=O) groups is 2. The van der Waals surface area contributed by atoms with E-state index in [2.05, 4.69) is 16.0 Å². The van der Waals surface area contributed by atoms with E-state index < -0.39 is 0 Å². The topological polar surface area (TPSA) is 73.5 Å². The number of benzene rings is 1. The number of nitrogens with zero attached hydrogens (tertiary/aromatic N) is 1. The molecule has 6 heteroatoms. The number of carbonyl (C=O) groups excluding carboxylic acids is 2. The van der Waals surface area contributed by atoms with Gasteiger partial charge in [0.2, 0.25) is 11.8 Å². The largest absolute Gasteiger partial charge is 0.381 e. The third-order valence-electron chi connectivity index (χ3n) is 3.67. The van der Waals surface area contributed by atoms with E-state index >= 15 is 0 Å². The van der Waals surface area contributed by atoms with Crippen molar-refractivity contribution in [1.29, 1.82) is 0 Å². The van der Waals surface area contributed by atoms with Crippen molar-refractivity contribution in [2.75, 3.05) is 37.8 Å². The number of anilines is 2. The highest BCUT2D eigenvalue weighted by molar-refractivity contribution is 5.89. The van der Waals surface area contributed by atoms with Crippen LogP contribution in [0.3, 0.4) is 0 Å². The Balaban J connectivity index is 1.96. The maximum absolute atomic E-state index is 12.4. The number of hydrogen-bond donors (Lipinski definition) is 3. The number of hydrogen-bond acceptors (Lipinski definition) is 4. The second-order valence-electron chi connectivity index (χ2n) is 5.36. The summed E-state index contributed by atoms with van der Waals surface area (Å²) in [4.78, 5) is 25.6. The average molecular weight is 290 g/mol. The van der Waals surface area contributed by atoms with Gasteiger partial charge in [-0.2, -0.15) is 0 Å². The summed E-state index contributed by atoms with van der Waals surface area (Å²) in [7, 11) is 3.33. The molecule has 1 aliphatic heterocycles. The molecule has 0 saturated heterocycles. The fraction of sp³-hybridized carbons (Fsp3) is 0.467. The molecule has 0 aromatic heterocycles. The van der Waals surface area contributed by atoms with E-state index in [0.29, 0.717) is 13.1 Å². The molecule has 1 aromatic rings. The molecule has 6 nitrogen and oxygen atoms in total. The Bertz CT molecular complexity index is 532. The molecule has 1 aromatic carbocycles. The van der Waals surface area contributed by atoms with Gasteiger partial charge in [0.25, 0.3) is 0 Å². The van der Waals surface area contributed by atoms with Crippen LogP contribution in [0.2, 0.25) is 0 Å². The molecule has 0 fully saturated rings. The summed E-state index contributed by atoms with van der Waals surface area (Å²) in [6, 6.07) is 7.47. The summed E-state index contributed by atoms with van der Waals surface area (Å²) in [5.41, 5.74) is 1.93. The zero-order chi connectivity index (χ0) is 15.4. The highest BCUT2D eigenvalue weighted by atomic mass is 16.2. The normalized spacial score (nSPS) is 17.8. The highest BCUT2D eigenvalue weighted by Crippen LogP contribution is 2.25. The Morgan fingerprint density at radius 2 is 2.05 bits per heavy atom. The van der Waals surface area contributed by atoms with Crippen molar-refractivity contribution in [3.05, 3.63) is 24.3 Å². The van der Waals surface area contributed by atoms with Crippen LogP contribution < -0.4 is 16.0 Å². The standard InChI is InChI=1S/C15H22N4O2/c1-10(14(20)16-2)9-19(3)15(21)13-8-17-11-6-4-5-7-12(11)18-13/h4-7,10,13,17-18H,8-9H2,1-3H3,(H,16,20). The number of amides is 2. The predicted molar refractivity (Wildman–Crippen MR) is 83.2 cm³/mol. The molecule has 114 valence electrons. The molecule has 21 heavy (non-hydrogen) atoms. The smallest absolute Gasteiger partial charge is 0.246 e. The van der Waals surface area contributed by atoms with E-state index in [1.54, 1.807) is 19.0 Å². The minimum absolute atomic E-state index is 0.0206. The molecular formula is C15H22N4O2. The molecule has 2 atom stereocenters. The first-order chi connectivity index (χ1) is 10.0. The second kappa shape index (κ2) is 6.47. The number of nitrogens with one attached hydrogen (secondary N) is 3. The number of fused-ring (bicyclic) bond motifs is 1. The van der Waals surface area contributed by atoms with Gasteiger partial charge in [-0.1, -0.05) is 19.1 Å². The Hall–Kier alpha value is -2.24. The fourth-order valence-electron chi connectivity index (χ4n) is 2.46. The van der Waals surface area contributed by atoms with Gasteiger partial charge in [0.15, 0.2) is 0 Å². The van der Waals surface area contributed by atoms with Crippen LogP contribution in [-0.2, 0) is 9.59 Å². The molecule has 0 spiro atoms. The molecule has 0 bridgehead atoms. The van der Waals surface area contributed by atoms with Crippen molar-refractivity contribution < 1.29 is 9.59 Å². The van der Waals surface area contributed by atoms with Gasteiger partial charge in [0, 0.05) is 27.2 Å². The van der Waals surface area contributed by atoms with Gasteiger partial charge in [-0.25, -0.2) is 0 Å². The van der Waals surface area contributed by atoms with Gasteiger partial charge < -0.3 is 20.9 Å². The number of likely N-dealkylation sites (N-methyl/N-ethyl adjacent to an activating group) is 1. The van der Waals surface area contributed by atoms with E-state index in [1.807, 2.05) is 31.2 Å². The maximum atomic E-state index is 12.4. The predicted octanol–water partition coefficient (Wildman–Crippen LogP) is 0.733. The summed E-state index contributed by atoms with van der Waals surface area (Å²) in [6.07, 6.45) is 0. The Labute approximate surface area is 124 Å². The van der Waals surface area contributed by atoms with Crippen molar-refractivity contribution in [1.82, 2.24) is 10.2 Å². The van der Waals surface area contributed by atoms with Gasteiger partial charge in [-0.15, -0.1) is 0 Å². The van der Waals surface area contributed by atoms with E-state index in [4.69, 9.17) is 0 Å². The molecule has 2 rings (SSSR count). The number of para-hydroxylation sites is 2. The summed E-state index contributed by atoms with van der Waals surface area (Å²) >= 11 is 0. The minimum Gasteiger partial charge on any atom is -0.381 e. The van der Waals surface area contributed by atoms with E-state index in [9.17, 15) is 9.59 Å². The van der Waals surface area contributed by atoms with Crippen molar-refractivity contribution >= 4 is 23.2 Å². The third kappa shape index (κ3) is 3.45. The summed E-state index contributed by atoms with van der Waals surface area (Å²) < 4.78 is 0. The fourth-order valence-corrected chi connectivity index (χ4v) is 2.46. The van der Waals surface area contributed by atoms with Gasteiger partial charge in [-0.3, -0.25) is 9.59 Å². The molecule has 0 saturated carbocycles. The maximum Gasteiger partial charge on any atom is 0.246 e. The van der Waals surface area contributed by atoms with Gasteiger partial charge >= 0.3 is 0 Å². The molecule has 0 aliphatic carbocycles. The first kappa shape index (κ1) is 15.2. The lowest BCUT2D eigenvalue weighted by molar-refractivity contribution is -0.132. The Morgan fingerprint density at radius 3 is 2.71 bits per heavy atom. The van der Waals surface area contributed by atoms with Gasteiger partial charge in [0.1, 0.15) is 6.04 Å².